The van der Waals surface area contributed by atoms with E-state index in [2.05, 4.69) is 50.0 Å². The summed E-state index contributed by atoms with van der Waals surface area (Å²) >= 11 is 0. The van der Waals surface area contributed by atoms with Crippen molar-refractivity contribution in [3.05, 3.63) is 65.2 Å². The van der Waals surface area contributed by atoms with Crippen LogP contribution in [0.4, 0.5) is 5.69 Å². The van der Waals surface area contributed by atoms with Crippen LogP contribution in [0, 0.1) is 12.3 Å². The molecular weight excluding hydrogens is 517 g/mol. The molecule has 0 saturated carbocycles. The molecule has 3 rings (SSSR count). The number of rotatable bonds is 7. The second-order valence-corrected chi connectivity index (χ2v) is 7.21. The summed E-state index contributed by atoms with van der Waals surface area (Å²) in [5.74, 6) is 2.94. The van der Waals surface area contributed by atoms with Gasteiger partial charge in [0.25, 0.3) is 0 Å². The van der Waals surface area contributed by atoms with Crippen LogP contribution in [-0.2, 0) is 22.6 Å². The Balaban J connectivity index is 0.00000363. The van der Waals surface area contributed by atoms with Crippen LogP contribution in [0.1, 0.15) is 16.7 Å². The summed E-state index contributed by atoms with van der Waals surface area (Å²) in [5, 5.41) is 9.17. The van der Waals surface area contributed by atoms with Gasteiger partial charge in [-0.3, -0.25) is 14.7 Å². The monoisotopic (exact) mass is 547 g/mol. The Morgan fingerprint density at radius 2 is 1.88 bits per heavy atom. The van der Waals surface area contributed by atoms with Gasteiger partial charge in [-0.2, -0.15) is 0 Å². The molecule has 1 saturated heterocycles. The van der Waals surface area contributed by atoms with Crippen molar-refractivity contribution in [2.45, 2.75) is 13.1 Å². The molecule has 8 heteroatoms. The molecule has 3 N–H and O–H groups in total. The zero-order valence-electron chi connectivity index (χ0n) is 18.3. The van der Waals surface area contributed by atoms with E-state index >= 15 is 0 Å². The minimum Gasteiger partial charge on any atom is -0.379 e. The Bertz CT molecular complexity index is 951. The van der Waals surface area contributed by atoms with Gasteiger partial charge in [-0.15, -0.1) is 30.4 Å². The van der Waals surface area contributed by atoms with E-state index in [1.807, 2.05) is 18.2 Å². The Kier molecular flexibility index (Phi) is 11.0. The minimum absolute atomic E-state index is 0. The number of nitrogens with zero attached hydrogens (tertiary/aromatic N) is 2. The highest BCUT2D eigenvalue weighted by Crippen LogP contribution is 2.13. The molecule has 0 radical (unpaired) electrons. The summed E-state index contributed by atoms with van der Waals surface area (Å²) in [6, 6.07) is 15.6. The number of hydrogen-bond donors (Lipinski definition) is 3. The maximum Gasteiger partial charge on any atom is 0.243 e. The summed E-state index contributed by atoms with van der Waals surface area (Å²) in [6.45, 7) is 5.07. The molecule has 0 bridgehead atoms. The largest absolute Gasteiger partial charge is 0.379 e. The van der Waals surface area contributed by atoms with Crippen molar-refractivity contribution in [2.75, 3.05) is 45.2 Å². The minimum atomic E-state index is -0.176. The lowest BCUT2D eigenvalue weighted by Crippen LogP contribution is -2.41. The Morgan fingerprint density at radius 1 is 1.12 bits per heavy atom. The van der Waals surface area contributed by atoms with Gasteiger partial charge in [0.05, 0.1) is 19.8 Å². The lowest BCUT2D eigenvalue weighted by Gasteiger charge is -2.27. The fourth-order valence-corrected chi connectivity index (χ4v) is 3.34. The number of carbonyl (C=O) groups excluding carboxylic acids is 1. The maximum atomic E-state index is 12.3. The molecule has 7 nitrogen and oxygen atoms in total. The SMILES string of the molecule is C#Cc1cccc(NC(=O)CNC(=NC)NCc2ccccc2CN2CCOCC2)c1.I. The third kappa shape index (κ3) is 8.15. The molecule has 0 spiro atoms. The van der Waals surface area contributed by atoms with Crippen molar-refractivity contribution in [1.82, 2.24) is 15.5 Å². The van der Waals surface area contributed by atoms with Crippen LogP contribution in [0.15, 0.2) is 53.5 Å². The van der Waals surface area contributed by atoms with Crippen LogP contribution >= 0.6 is 24.0 Å². The normalized spacial score (nSPS) is 14.1. The summed E-state index contributed by atoms with van der Waals surface area (Å²) < 4.78 is 5.44. The van der Waals surface area contributed by atoms with Crippen LogP contribution in [0.3, 0.4) is 0 Å². The molecule has 2 aromatic carbocycles. The van der Waals surface area contributed by atoms with Crippen LogP contribution in [0.2, 0.25) is 0 Å². The van der Waals surface area contributed by atoms with E-state index < -0.39 is 0 Å². The highest BCUT2D eigenvalue weighted by atomic mass is 127. The van der Waals surface area contributed by atoms with Crippen molar-refractivity contribution < 1.29 is 9.53 Å². The predicted molar refractivity (Wildman–Crippen MR) is 139 cm³/mol. The first kappa shape index (κ1) is 25.6. The number of ether oxygens (including phenoxy) is 1. The number of terminal acetylenes is 1. The average molecular weight is 547 g/mol. The van der Waals surface area contributed by atoms with Gasteiger partial charge < -0.3 is 20.7 Å². The molecule has 0 aromatic heterocycles. The smallest absolute Gasteiger partial charge is 0.243 e. The molecule has 0 unspecified atom stereocenters. The van der Waals surface area contributed by atoms with Crippen molar-refractivity contribution in [3.8, 4) is 12.3 Å². The topological polar surface area (TPSA) is 78.0 Å². The number of amides is 1. The maximum absolute atomic E-state index is 12.3. The number of halogens is 1. The number of morpholine rings is 1. The van der Waals surface area contributed by atoms with Gasteiger partial charge in [-0.05, 0) is 29.3 Å². The molecule has 1 fully saturated rings. The molecule has 1 aliphatic heterocycles. The second kappa shape index (κ2) is 13.7. The van der Waals surface area contributed by atoms with Crippen molar-refractivity contribution in [3.63, 3.8) is 0 Å². The fraction of sp³-hybridized carbons (Fsp3) is 0.333. The summed E-state index contributed by atoms with van der Waals surface area (Å²) in [6.07, 6.45) is 5.40. The van der Waals surface area contributed by atoms with E-state index in [9.17, 15) is 4.79 Å². The summed E-state index contributed by atoms with van der Waals surface area (Å²) in [4.78, 5) is 18.9. The van der Waals surface area contributed by atoms with Crippen LogP contribution < -0.4 is 16.0 Å². The van der Waals surface area contributed by atoms with E-state index in [4.69, 9.17) is 11.2 Å². The highest BCUT2D eigenvalue weighted by Gasteiger charge is 2.13. The average Bonchev–Trinajstić information content (AvgIpc) is 2.81. The van der Waals surface area contributed by atoms with Crippen molar-refractivity contribution >= 4 is 41.5 Å². The zero-order chi connectivity index (χ0) is 21.9. The lowest BCUT2D eigenvalue weighted by atomic mass is 10.1. The predicted octanol–water partition coefficient (Wildman–Crippen LogP) is 2.42. The van der Waals surface area contributed by atoms with E-state index in [0.29, 0.717) is 18.2 Å². The number of carbonyl (C=O) groups is 1. The lowest BCUT2D eigenvalue weighted by molar-refractivity contribution is -0.115. The zero-order valence-corrected chi connectivity index (χ0v) is 20.6. The van der Waals surface area contributed by atoms with Gasteiger partial charge in [0, 0.05) is 44.5 Å². The van der Waals surface area contributed by atoms with E-state index in [0.717, 1.165) is 38.4 Å². The quantitative estimate of drug-likeness (QED) is 0.215. The molecule has 0 atom stereocenters. The highest BCUT2D eigenvalue weighted by molar-refractivity contribution is 14.0. The first-order valence-corrected chi connectivity index (χ1v) is 10.4. The van der Waals surface area contributed by atoms with Crippen LogP contribution in [0.25, 0.3) is 0 Å². The van der Waals surface area contributed by atoms with Crippen molar-refractivity contribution in [2.24, 2.45) is 4.99 Å². The molecule has 1 heterocycles. The van der Waals surface area contributed by atoms with Crippen molar-refractivity contribution in [1.29, 1.82) is 0 Å². The summed E-state index contributed by atoms with van der Waals surface area (Å²) in [7, 11) is 1.68. The number of nitrogens with one attached hydrogen (secondary N) is 3. The second-order valence-electron chi connectivity index (χ2n) is 7.21. The number of hydrogen-bond acceptors (Lipinski definition) is 4. The summed E-state index contributed by atoms with van der Waals surface area (Å²) in [5.41, 5.74) is 3.87. The fourth-order valence-electron chi connectivity index (χ4n) is 3.34. The van der Waals surface area contributed by atoms with Crippen LogP contribution in [0.5, 0.6) is 0 Å². The van der Waals surface area contributed by atoms with E-state index in [1.165, 1.54) is 11.1 Å². The van der Waals surface area contributed by atoms with E-state index in [1.54, 1.807) is 19.2 Å². The van der Waals surface area contributed by atoms with Crippen LogP contribution in [-0.4, -0.2) is 56.7 Å². The van der Waals surface area contributed by atoms with Gasteiger partial charge >= 0.3 is 0 Å². The Hall–Kier alpha value is -2.61. The first-order chi connectivity index (χ1) is 15.2. The molecular formula is C24H30IN5O2. The number of benzene rings is 2. The first-order valence-electron chi connectivity index (χ1n) is 10.4. The molecule has 1 aliphatic rings. The van der Waals surface area contributed by atoms with E-state index in [-0.39, 0.29) is 36.4 Å². The van der Waals surface area contributed by atoms with Gasteiger partial charge in [-0.1, -0.05) is 36.3 Å². The number of aliphatic imine (C=N–C) groups is 1. The molecule has 2 aromatic rings. The molecule has 32 heavy (non-hydrogen) atoms. The standard InChI is InChI=1S/C24H29N5O2.HI/c1-3-19-7-6-10-22(15-19)28-23(30)17-27-24(25-2)26-16-20-8-4-5-9-21(20)18-29-11-13-31-14-12-29;/h1,4-10,15H,11-14,16-18H2,2H3,(H,28,30)(H2,25,26,27);1H. The number of guanidine groups is 1. The molecule has 170 valence electrons. The third-order valence-corrected chi connectivity index (χ3v) is 5.02. The van der Waals surface area contributed by atoms with Gasteiger partial charge in [0.2, 0.25) is 5.91 Å². The third-order valence-electron chi connectivity index (χ3n) is 5.02. The number of anilines is 1. The Morgan fingerprint density at radius 3 is 2.59 bits per heavy atom. The van der Waals surface area contributed by atoms with Gasteiger partial charge in [-0.25, -0.2) is 0 Å². The molecule has 0 aliphatic carbocycles. The van der Waals surface area contributed by atoms with Gasteiger partial charge in [0.1, 0.15) is 0 Å². The molecule has 1 amide bonds. The van der Waals surface area contributed by atoms with Gasteiger partial charge in [0.15, 0.2) is 5.96 Å². The Labute approximate surface area is 207 Å².